The molecule has 0 unspecified atom stereocenters. The molecule has 0 aliphatic rings. The van der Waals surface area contributed by atoms with Crippen LogP contribution in [0.3, 0.4) is 0 Å². The summed E-state index contributed by atoms with van der Waals surface area (Å²) in [5.41, 5.74) is 4.06. The molecule has 3 rings (SSSR count). The van der Waals surface area contributed by atoms with Crippen LogP contribution in [0.2, 0.25) is 5.02 Å². The van der Waals surface area contributed by atoms with Crippen molar-refractivity contribution in [2.45, 2.75) is 37.0 Å². The van der Waals surface area contributed by atoms with Crippen LogP contribution in [0, 0.1) is 0 Å². The molecule has 3 aromatic rings. The molecule has 0 saturated heterocycles. The number of halogens is 1. The predicted molar refractivity (Wildman–Crippen MR) is 134 cm³/mol. The highest BCUT2D eigenvalue weighted by atomic mass is 35.5. The van der Waals surface area contributed by atoms with Gasteiger partial charge in [0.1, 0.15) is 0 Å². The summed E-state index contributed by atoms with van der Waals surface area (Å²) >= 11 is 5.83. The maximum atomic E-state index is 12.4. The number of rotatable bonds is 12. The third-order valence-electron chi connectivity index (χ3n) is 5.26. The molecule has 178 valence electrons. The quantitative estimate of drug-likeness (QED) is 0.329. The minimum absolute atomic E-state index is 0.173. The molecule has 0 amide bonds. The number of hydrogen-bond acceptors (Lipinski definition) is 4. The van der Waals surface area contributed by atoms with Crippen LogP contribution in [0.5, 0.6) is 0 Å². The van der Waals surface area contributed by atoms with Crippen LogP contribution in [0.4, 0.5) is 0 Å². The molecule has 0 saturated carbocycles. The van der Waals surface area contributed by atoms with Crippen molar-refractivity contribution in [2.24, 2.45) is 0 Å². The molecule has 0 aliphatic carbocycles. The van der Waals surface area contributed by atoms with E-state index >= 15 is 0 Å². The molecule has 0 fully saturated rings. The minimum Gasteiger partial charge on any atom is -0.481 e. The summed E-state index contributed by atoms with van der Waals surface area (Å²) in [7, 11) is -3.59. The fourth-order valence-electron chi connectivity index (χ4n) is 3.47. The van der Waals surface area contributed by atoms with Crippen LogP contribution in [-0.4, -0.2) is 31.0 Å². The number of sulfonamides is 1. The molecule has 0 atom stereocenters. The van der Waals surface area contributed by atoms with Crippen molar-refractivity contribution in [2.75, 3.05) is 6.54 Å². The van der Waals surface area contributed by atoms with Gasteiger partial charge in [0.15, 0.2) is 0 Å². The van der Waals surface area contributed by atoms with Gasteiger partial charge in [0.25, 0.3) is 0 Å². The van der Waals surface area contributed by atoms with Crippen molar-refractivity contribution < 1.29 is 18.3 Å². The molecular weight excluding hydrogens is 472 g/mol. The van der Waals surface area contributed by atoms with Gasteiger partial charge in [-0.2, -0.15) is 0 Å². The standard InChI is InChI=1S/C26H27ClN2O4S/c27-23-12-14-24(15-13-23)34(32,33)29-18-16-20-8-10-21(11-9-20)25(22-5-4-17-28-19-22)6-2-1-3-7-26(30)31/h4-6,8-15,17,19,29H,1-3,7,16,18H2,(H,30,31)/b25-6+. The zero-order valence-electron chi connectivity index (χ0n) is 18.7. The summed E-state index contributed by atoms with van der Waals surface area (Å²) in [6.45, 7) is 0.277. The molecule has 0 aliphatic heterocycles. The van der Waals surface area contributed by atoms with Crippen LogP contribution in [0.25, 0.3) is 5.57 Å². The van der Waals surface area contributed by atoms with Gasteiger partial charge in [-0.25, -0.2) is 13.1 Å². The van der Waals surface area contributed by atoms with E-state index in [1.54, 1.807) is 18.3 Å². The molecular formula is C26H27ClN2O4S. The number of carbonyl (C=O) groups is 1. The first-order valence-corrected chi connectivity index (χ1v) is 12.9. The van der Waals surface area contributed by atoms with E-state index in [4.69, 9.17) is 16.7 Å². The first kappa shape index (κ1) is 25.6. The Bertz CT molecular complexity index is 1210. The second kappa shape index (κ2) is 12.5. The van der Waals surface area contributed by atoms with Gasteiger partial charge in [-0.1, -0.05) is 48.0 Å². The van der Waals surface area contributed by atoms with Crippen molar-refractivity contribution in [1.29, 1.82) is 0 Å². The molecule has 2 aromatic carbocycles. The van der Waals surface area contributed by atoms with Crippen molar-refractivity contribution >= 4 is 33.2 Å². The second-order valence-electron chi connectivity index (χ2n) is 7.80. The smallest absolute Gasteiger partial charge is 0.303 e. The Morgan fingerprint density at radius 3 is 2.38 bits per heavy atom. The number of carboxylic acids is 1. The number of pyridine rings is 1. The summed E-state index contributed by atoms with van der Waals surface area (Å²) in [6.07, 6.45) is 8.57. The molecule has 0 bridgehead atoms. The van der Waals surface area contributed by atoms with Gasteiger partial charge in [-0.05, 0) is 72.7 Å². The highest BCUT2D eigenvalue weighted by Gasteiger charge is 2.13. The Kier molecular flexibility index (Phi) is 9.39. The maximum absolute atomic E-state index is 12.4. The average Bonchev–Trinajstić information content (AvgIpc) is 2.82. The van der Waals surface area contributed by atoms with Crippen molar-refractivity contribution in [1.82, 2.24) is 9.71 Å². The number of aliphatic carboxylic acids is 1. The summed E-state index contributed by atoms with van der Waals surface area (Å²) in [4.78, 5) is 15.1. The molecule has 1 heterocycles. The van der Waals surface area contributed by atoms with Crippen LogP contribution < -0.4 is 4.72 Å². The molecule has 0 spiro atoms. The van der Waals surface area contributed by atoms with E-state index in [1.807, 2.05) is 42.6 Å². The fourth-order valence-corrected chi connectivity index (χ4v) is 4.63. The lowest BCUT2D eigenvalue weighted by molar-refractivity contribution is -0.137. The summed E-state index contributed by atoms with van der Waals surface area (Å²) in [5.74, 6) is -0.775. The summed E-state index contributed by atoms with van der Waals surface area (Å²) in [6, 6.07) is 17.9. The van der Waals surface area contributed by atoms with E-state index in [1.165, 1.54) is 12.1 Å². The van der Waals surface area contributed by atoms with Crippen LogP contribution in [-0.2, 0) is 21.2 Å². The lowest BCUT2D eigenvalue weighted by Crippen LogP contribution is -2.25. The third kappa shape index (κ3) is 7.80. The van der Waals surface area contributed by atoms with Crippen LogP contribution >= 0.6 is 11.6 Å². The molecule has 34 heavy (non-hydrogen) atoms. The topological polar surface area (TPSA) is 96.4 Å². The van der Waals surface area contributed by atoms with Crippen LogP contribution in [0.15, 0.2) is 84.0 Å². The number of allylic oxidation sites excluding steroid dienone is 1. The Morgan fingerprint density at radius 2 is 1.74 bits per heavy atom. The lowest BCUT2D eigenvalue weighted by atomic mass is 9.96. The maximum Gasteiger partial charge on any atom is 0.303 e. The Morgan fingerprint density at radius 1 is 1.00 bits per heavy atom. The van der Waals surface area contributed by atoms with Gasteiger partial charge in [-0.15, -0.1) is 0 Å². The molecule has 1 aromatic heterocycles. The zero-order chi connectivity index (χ0) is 24.4. The first-order chi connectivity index (χ1) is 16.3. The van der Waals surface area contributed by atoms with E-state index in [-0.39, 0.29) is 17.9 Å². The Hall–Kier alpha value is -3.00. The first-order valence-electron chi connectivity index (χ1n) is 11.0. The monoisotopic (exact) mass is 498 g/mol. The fraction of sp³-hybridized carbons (Fsp3) is 0.231. The number of carboxylic acid groups (broad SMARTS) is 1. The Balaban J connectivity index is 1.64. The van der Waals surface area contributed by atoms with Gasteiger partial charge < -0.3 is 5.11 Å². The predicted octanol–water partition coefficient (Wildman–Crippen LogP) is 5.33. The Labute approximate surface area is 205 Å². The average molecular weight is 499 g/mol. The number of hydrogen-bond donors (Lipinski definition) is 2. The van der Waals surface area contributed by atoms with Crippen LogP contribution in [0.1, 0.15) is 42.4 Å². The number of nitrogens with one attached hydrogen (secondary N) is 1. The molecule has 6 nitrogen and oxygen atoms in total. The third-order valence-corrected chi connectivity index (χ3v) is 6.99. The minimum atomic E-state index is -3.59. The van der Waals surface area contributed by atoms with Gasteiger partial charge in [-0.3, -0.25) is 9.78 Å². The van der Waals surface area contributed by atoms with E-state index in [0.29, 0.717) is 17.9 Å². The van der Waals surface area contributed by atoms with Crippen molar-refractivity contribution in [3.8, 4) is 0 Å². The number of unbranched alkanes of at least 4 members (excludes halogenated alkanes) is 2. The normalized spacial score (nSPS) is 12.0. The van der Waals surface area contributed by atoms with Crippen molar-refractivity contribution in [3.63, 3.8) is 0 Å². The van der Waals surface area contributed by atoms with Gasteiger partial charge in [0, 0.05) is 35.9 Å². The van der Waals surface area contributed by atoms with E-state index < -0.39 is 16.0 Å². The molecule has 8 heteroatoms. The number of nitrogens with zero attached hydrogens (tertiary/aromatic N) is 1. The van der Waals surface area contributed by atoms with E-state index in [2.05, 4.69) is 15.8 Å². The number of aromatic nitrogens is 1. The van der Waals surface area contributed by atoms with Gasteiger partial charge >= 0.3 is 5.97 Å². The SMILES string of the molecule is O=C(O)CCCC/C=C(\c1ccc(CCNS(=O)(=O)c2ccc(Cl)cc2)cc1)c1cccnc1. The lowest BCUT2D eigenvalue weighted by Gasteiger charge is -2.11. The summed E-state index contributed by atoms with van der Waals surface area (Å²) in [5, 5.41) is 9.30. The van der Waals surface area contributed by atoms with Gasteiger partial charge in [0.05, 0.1) is 4.90 Å². The van der Waals surface area contributed by atoms with E-state index in [9.17, 15) is 13.2 Å². The highest BCUT2D eigenvalue weighted by molar-refractivity contribution is 7.89. The molecule has 2 N–H and O–H groups in total. The van der Waals surface area contributed by atoms with Gasteiger partial charge in [0.2, 0.25) is 10.0 Å². The zero-order valence-corrected chi connectivity index (χ0v) is 20.2. The highest BCUT2D eigenvalue weighted by Crippen LogP contribution is 2.24. The van der Waals surface area contributed by atoms with E-state index in [0.717, 1.165) is 35.1 Å². The summed E-state index contributed by atoms with van der Waals surface area (Å²) < 4.78 is 27.5. The second-order valence-corrected chi connectivity index (χ2v) is 10.0. The molecule has 0 radical (unpaired) electrons. The van der Waals surface area contributed by atoms with Crippen molar-refractivity contribution in [3.05, 3.63) is 101 Å². The number of benzene rings is 2. The largest absolute Gasteiger partial charge is 0.481 e.